The third kappa shape index (κ3) is 4.20. The summed E-state index contributed by atoms with van der Waals surface area (Å²) in [5, 5.41) is 3.45. The summed E-state index contributed by atoms with van der Waals surface area (Å²) in [5.74, 6) is 0.117. The number of rotatable bonds is 7. The lowest BCUT2D eigenvalue weighted by Crippen LogP contribution is -2.14. The molecule has 2 rings (SSSR count). The lowest BCUT2D eigenvalue weighted by Gasteiger charge is -2.06. The van der Waals surface area contributed by atoms with Gasteiger partial charge in [-0.15, -0.1) is 0 Å². The molecule has 0 unspecified atom stereocenters. The third-order valence-electron chi connectivity index (χ3n) is 2.76. The molecule has 0 bridgehead atoms. The molecule has 0 fully saturated rings. The average molecular weight is 329 g/mol. The Bertz CT molecular complexity index is 700. The fraction of sp³-hybridized carbons (Fsp3) is 0.308. The minimum Gasteiger partial charge on any atom is -0.363 e. The predicted molar refractivity (Wildman–Crippen MR) is 82.8 cm³/mol. The van der Waals surface area contributed by atoms with Crippen LogP contribution in [0.1, 0.15) is 19.0 Å². The maximum atomic E-state index is 12.2. The third-order valence-corrected chi connectivity index (χ3v) is 4.38. The van der Waals surface area contributed by atoms with Crippen LogP contribution >= 0.6 is 11.6 Å². The summed E-state index contributed by atoms with van der Waals surface area (Å²) in [5.41, 5.74) is 0.802. The summed E-state index contributed by atoms with van der Waals surface area (Å²) in [6.45, 7) is 3.54. The van der Waals surface area contributed by atoms with Gasteiger partial charge in [0.15, 0.2) is 5.82 Å². The minimum absolute atomic E-state index is 0.117. The number of nitrogens with one attached hydrogen (secondary N) is 3. The van der Waals surface area contributed by atoms with E-state index in [4.69, 9.17) is 11.6 Å². The largest absolute Gasteiger partial charge is 0.363 e. The molecule has 21 heavy (non-hydrogen) atoms. The molecular weight excluding hydrogens is 312 g/mol. The zero-order chi connectivity index (χ0) is 15.3. The molecule has 2 heterocycles. The normalized spacial score (nSPS) is 11.5. The number of pyridine rings is 1. The first-order valence-corrected chi connectivity index (χ1v) is 8.40. The molecule has 0 aliphatic carbocycles. The second-order valence-electron chi connectivity index (χ2n) is 4.48. The second kappa shape index (κ2) is 6.93. The number of hydrogen-bond donors (Lipinski definition) is 3. The highest BCUT2D eigenvalue weighted by Gasteiger charge is 2.18. The molecule has 0 aliphatic heterocycles. The van der Waals surface area contributed by atoms with Crippen molar-refractivity contribution in [3.8, 4) is 0 Å². The summed E-state index contributed by atoms with van der Waals surface area (Å²) in [7, 11) is -3.70. The van der Waals surface area contributed by atoms with E-state index in [-0.39, 0.29) is 15.7 Å². The van der Waals surface area contributed by atoms with E-state index < -0.39 is 10.0 Å². The molecule has 0 amide bonds. The lowest BCUT2D eigenvalue weighted by molar-refractivity contribution is 0.601. The molecule has 0 spiro atoms. The smallest absolute Gasteiger partial charge is 0.264 e. The van der Waals surface area contributed by atoms with Crippen molar-refractivity contribution < 1.29 is 8.42 Å². The van der Waals surface area contributed by atoms with E-state index >= 15 is 0 Å². The number of sulfonamides is 1. The van der Waals surface area contributed by atoms with E-state index in [0.717, 1.165) is 18.7 Å². The van der Waals surface area contributed by atoms with Gasteiger partial charge in [-0.1, -0.05) is 18.5 Å². The van der Waals surface area contributed by atoms with E-state index in [2.05, 4.69) is 26.9 Å². The Morgan fingerprint density at radius 3 is 2.95 bits per heavy atom. The van der Waals surface area contributed by atoms with Gasteiger partial charge in [-0.3, -0.25) is 4.72 Å². The molecule has 2 aromatic rings. The molecule has 2 aromatic heterocycles. The van der Waals surface area contributed by atoms with E-state index in [1.165, 1.54) is 12.4 Å². The molecule has 114 valence electrons. The number of anilines is 1. The molecular formula is C13H17ClN4O2S. The first-order chi connectivity index (χ1) is 10.0. The average Bonchev–Trinajstić information content (AvgIpc) is 2.91. The van der Waals surface area contributed by atoms with Crippen molar-refractivity contribution >= 4 is 27.4 Å². The van der Waals surface area contributed by atoms with E-state index in [0.29, 0.717) is 6.54 Å². The summed E-state index contributed by atoms with van der Waals surface area (Å²) in [6, 6.07) is 4.79. The Balaban J connectivity index is 2.11. The predicted octanol–water partition coefficient (Wildman–Crippen LogP) is 2.36. The highest BCUT2D eigenvalue weighted by molar-refractivity contribution is 7.92. The number of aromatic nitrogens is 2. The highest BCUT2D eigenvalue weighted by atomic mass is 35.5. The van der Waals surface area contributed by atoms with Crippen LogP contribution in [0.3, 0.4) is 0 Å². The summed E-state index contributed by atoms with van der Waals surface area (Å²) < 4.78 is 26.9. The molecule has 0 aliphatic rings. The van der Waals surface area contributed by atoms with Gasteiger partial charge in [0.25, 0.3) is 10.0 Å². The standard InChI is InChI=1S/C13H17ClN4O2S/c1-2-5-15-8-10-7-11(9-17-10)21(19,20)18-13-12(14)4-3-6-16-13/h3-4,6-7,9,15,17H,2,5,8H2,1H3,(H,16,18). The van der Waals surface area contributed by atoms with Crippen LogP contribution in [-0.4, -0.2) is 24.9 Å². The maximum Gasteiger partial charge on any atom is 0.264 e. The van der Waals surface area contributed by atoms with Gasteiger partial charge >= 0.3 is 0 Å². The topological polar surface area (TPSA) is 86.9 Å². The van der Waals surface area contributed by atoms with Crippen LogP contribution in [0.4, 0.5) is 5.82 Å². The van der Waals surface area contributed by atoms with Crippen LogP contribution in [0.5, 0.6) is 0 Å². The fourth-order valence-corrected chi connectivity index (χ4v) is 2.99. The van der Waals surface area contributed by atoms with E-state index in [1.807, 2.05) is 0 Å². The van der Waals surface area contributed by atoms with Crippen molar-refractivity contribution in [3.05, 3.63) is 41.3 Å². The zero-order valence-corrected chi connectivity index (χ0v) is 13.1. The van der Waals surface area contributed by atoms with Crippen LogP contribution in [0.15, 0.2) is 35.5 Å². The van der Waals surface area contributed by atoms with Crippen molar-refractivity contribution in [2.75, 3.05) is 11.3 Å². The van der Waals surface area contributed by atoms with Crippen molar-refractivity contribution in [1.29, 1.82) is 0 Å². The monoisotopic (exact) mass is 328 g/mol. The number of H-pyrrole nitrogens is 1. The number of halogens is 1. The van der Waals surface area contributed by atoms with Gasteiger partial charge in [-0.05, 0) is 31.2 Å². The molecule has 0 radical (unpaired) electrons. The minimum atomic E-state index is -3.70. The van der Waals surface area contributed by atoms with Crippen molar-refractivity contribution in [2.45, 2.75) is 24.8 Å². The second-order valence-corrected chi connectivity index (χ2v) is 6.57. The Morgan fingerprint density at radius 2 is 2.24 bits per heavy atom. The SMILES string of the molecule is CCCNCc1cc(S(=O)(=O)Nc2ncccc2Cl)c[nH]1. The van der Waals surface area contributed by atoms with Crippen LogP contribution in [-0.2, 0) is 16.6 Å². The first kappa shape index (κ1) is 15.8. The van der Waals surface area contributed by atoms with Gasteiger partial charge in [-0.25, -0.2) is 13.4 Å². The molecule has 3 N–H and O–H groups in total. The van der Waals surface area contributed by atoms with Crippen molar-refractivity contribution in [2.24, 2.45) is 0 Å². The molecule has 0 saturated heterocycles. The van der Waals surface area contributed by atoms with Crippen molar-refractivity contribution in [3.63, 3.8) is 0 Å². The molecule has 8 heteroatoms. The number of aromatic amines is 1. The van der Waals surface area contributed by atoms with Crippen molar-refractivity contribution in [1.82, 2.24) is 15.3 Å². The quantitative estimate of drug-likeness (QED) is 0.681. The molecule has 0 saturated carbocycles. The number of nitrogens with zero attached hydrogens (tertiary/aromatic N) is 1. The first-order valence-electron chi connectivity index (χ1n) is 6.54. The summed E-state index contributed by atoms with van der Waals surface area (Å²) in [6.07, 6.45) is 3.94. The molecule has 0 atom stereocenters. The maximum absolute atomic E-state index is 12.2. The van der Waals surface area contributed by atoms with Gasteiger partial charge in [0.05, 0.1) is 5.02 Å². The van der Waals surface area contributed by atoms with Crippen LogP contribution in [0, 0.1) is 0 Å². The van der Waals surface area contributed by atoms with Crippen LogP contribution < -0.4 is 10.0 Å². The van der Waals surface area contributed by atoms with Crippen LogP contribution in [0.2, 0.25) is 5.02 Å². The Kier molecular flexibility index (Phi) is 5.22. The van der Waals surface area contributed by atoms with Crippen LogP contribution in [0.25, 0.3) is 0 Å². The van der Waals surface area contributed by atoms with E-state index in [9.17, 15) is 8.42 Å². The van der Waals surface area contributed by atoms with Gasteiger partial charge in [0.2, 0.25) is 0 Å². The molecule has 0 aromatic carbocycles. The highest BCUT2D eigenvalue weighted by Crippen LogP contribution is 2.21. The van der Waals surface area contributed by atoms with Gasteiger partial charge in [0, 0.05) is 24.6 Å². The van der Waals surface area contributed by atoms with Gasteiger partial charge in [-0.2, -0.15) is 0 Å². The summed E-state index contributed by atoms with van der Waals surface area (Å²) in [4.78, 5) is 7.00. The molecule has 6 nitrogen and oxygen atoms in total. The zero-order valence-electron chi connectivity index (χ0n) is 11.6. The Morgan fingerprint density at radius 1 is 1.43 bits per heavy atom. The van der Waals surface area contributed by atoms with Gasteiger partial charge in [0.1, 0.15) is 4.90 Å². The van der Waals surface area contributed by atoms with Gasteiger partial charge < -0.3 is 10.3 Å². The number of hydrogen-bond acceptors (Lipinski definition) is 4. The van der Waals surface area contributed by atoms with E-state index in [1.54, 1.807) is 18.2 Å². The fourth-order valence-electron chi connectivity index (χ4n) is 1.72. The lowest BCUT2D eigenvalue weighted by atomic mass is 10.4. The Hall–Kier alpha value is -1.57. The summed E-state index contributed by atoms with van der Waals surface area (Å²) >= 11 is 5.90. The Labute approximate surface area is 129 Å².